The van der Waals surface area contributed by atoms with E-state index < -0.39 is 5.97 Å². The summed E-state index contributed by atoms with van der Waals surface area (Å²) in [4.78, 5) is 26.3. The molecule has 3 aromatic carbocycles. The lowest BCUT2D eigenvalue weighted by atomic mass is 9.99. The Morgan fingerprint density at radius 2 is 1.64 bits per heavy atom. The second-order valence-electron chi connectivity index (χ2n) is 10.2. The Morgan fingerprint density at radius 3 is 2.26 bits per heavy atom. The van der Waals surface area contributed by atoms with Gasteiger partial charge in [0.2, 0.25) is 11.8 Å². The summed E-state index contributed by atoms with van der Waals surface area (Å²) >= 11 is 0. The molecule has 0 N–H and O–H groups in total. The van der Waals surface area contributed by atoms with Gasteiger partial charge >= 0.3 is 5.97 Å². The van der Waals surface area contributed by atoms with Crippen LogP contribution in [0.1, 0.15) is 39.5 Å². The largest absolute Gasteiger partial charge is 0.462 e. The van der Waals surface area contributed by atoms with Gasteiger partial charge in [0.05, 0.1) is 24.4 Å². The van der Waals surface area contributed by atoms with Gasteiger partial charge in [-0.25, -0.2) is 14.2 Å². The molecular weight excluding hydrogens is 533 g/mol. The van der Waals surface area contributed by atoms with E-state index in [1.54, 1.807) is 19.1 Å². The summed E-state index contributed by atoms with van der Waals surface area (Å²) in [6.45, 7) is 9.54. The van der Waals surface area contributed by atoms with Crippen LogP contribution in [0, 0.1) is 31.0 Å². The molecule has 0 amide bonds. The number of ether oxygens (including phenoxy) is 2. The molecule has 0 saturated carbocycles. The van der Waals surface area contributed by atoms with Crippen LogP contribution in [0.3, 0.4) is 0 Å². The fourth-order valence-electron chi connectivity index (χ4n) is 5.00. The summed E-state index contributed by atoms with van der Waals surface area (Å²) in [5.41, 5.74) is 5.55. The number of halogens is 1. The van der Waals surface area contributed by atoms with Crippen molar-refractivity contribution in [1.29, 1.82) is 5.26 Å². The third-order valence-corrected chi connectivity index (χ3v) is 7.22. The molecule has 0 unspecified atom stereocenters. The minimum absolute atomic E-state index is 0.143. The second kappa shape index (κ2) is 12.8. The molecule has 1 saturated heterocycles. The number of aryl methyl sites for hydroxylation is 2. The lowest BCUT2D eigenvalue weighted by molar-refractivity contribution is 0.0522. The molecular formula is C33H32FN5O3. The van der Waals surface area contributed by atoms with Gasteiger partial charge in [0, 0.05) is 32.7 Å². The van der Waals surface area contributed by atoms with Gasteiger partial charge in [0.15, 0.2) is 0 Å². The highest BCUT2D eigenvalue weighted by Crippen LogP contribution is 2.35. The fraction of sp³-hybridized carbons (Fsp3) is 0.273. The van der Waals surface area contributed by atoms with Crippen molar-refractivity contribution < 1.29 is 18.7 Å². The second-order valence-corrected chi connectivity index (χ2v) is 10.2. The third kappa shape index (κ3) is 6.56. The Morgan fingerprint density at radius 1 is 0.976 bits per heavy atom. The highest BCUT2D eigenvalue weighted by Gasteiger charge is 2.24. The Balaban J connectivity index is 1.37. The number of piperazine rings is 1. The van der Waals surface area contributed by atoms with Gasteiger partial charge in [-0.2, -0.15) is 10.2 Å². The monoisotopic (exact) mass is 565 g/mol. The predicted molar refractivity (Wildman–Crippen MR) is 158 cm³/mol. The van der Waals surface area contributed by atoms with E-state index >= 15 is 0 Å². The van der Waals surface area contributed by atoms with Crippen LogP contribution in [0.2, 0.25) is 0 Å². The minimum Gasteiger partial charge on any atom is -0.462 e. The first-order valence-corrected chi connectivity index (χ1v) is 13.9. The van der Waals surface area contributed by atoms with E-state index in [2.05, 4.69) is 20.9 Å². The molecule has 42 heavy (non-hydrogen) atoms. The molecule has 0 bridgehead atoms. The van der Waals surface area contributed by atoms with Crippen molar-refractivity contribution in [3.8, 4) is 28.8 Å². The number of hydrogen-bond acceptors (Lipinski definition) is 8. The molecule has 0 spiro atoms. The van der Waals surface area contributed by atoms with Crippen LogP contribution in [0.15, 0.2) is 66.9 Å². The third-order valence-electron chi connectivity index (χ3n) is 7.22. The molecule has 4 aromatic rings. The molecule has 5 rings (SSSR count). The van der Waals surface area contributed by atoms with E-state index in [1.165, 1.54) is 18.3 Å². The zero-order valence-corrected chi connectivity index (χ0v) is 23.9. The summed E-state index contributed by atoms with van der Waals surface area (Å²) in [7, 11) is 0. The standard InChI is InChI=1S/C33H32FN5O3/c1-4-41-32(40)29-20-36-33(39-15-13-38(14-16-39)21-25-7-11-28(34)12-8-25)37-31(29)42-30-22(2)17-27(18-23(30)3)26-9-5-24(19-35)6-10-26/h5-12,17-18,20H,4,13-16,21H2,1-3H3. The van der Waals surface area contributed by atoms with Crippen LogP contribution in [-0.4, -0.2) is 53.6 Å². The van der Waals surface area contributed by atoms with Crippen molar-refractivity contribution in [2.24, 2.45) is 0 Å². The fourth-order valence-corrected chi connectivity index (χ4v) is 5.00. The summed E-state index contributed by atoms with van der Waals surface area (Å²) in [5, 5.41) is 9.11. The van der Waals surface area contributed by atoms with Gasteiger partial charge in [-0.1, -0.05) is 24.3 Å². The van der Waals surface area contributed by atoms with E-state index in [9.17, 15) is 9.18 Å². The molecule has 214 valence electrons. The number of benzene rings is 3. The zero-order chi connectivity index (χ0) is 29.6. The van der Waals surface area contributed by atoms with E-state index in [-0.39, 0.29) is 23.9 Å². The Bertz CT molecular complexity index is 1590. The van der Waals surface area contributed by atoms with E-state index in [0.717, 1.165) is 47.5 Å². The molecule has 1 aliphatic heterocycles. The summed E-state index contributed by atoms with van der Waals surface area (Å²) < 4.78 is 24.9. The van der Waals surface area contributed by atoms with Crippen LogP contribution < -0.4 is 9.64 Å². The Hall–Kier alpha value is -4.81. The molecule has 1 aromatic heterocycles. The first-order chi connectivity index (χ1) is 20.3. The number of nitriles is 1. The molecule has 8 nitrogen and oxygen atoms in total. The number of rotatable bonds is 8. The van der Waals surface area contributed by atoms with Crippen molar-refractivity contribution in [3.05, 3.63) is 100 Å². The van der Waals surface area contributed by atoms with Gasteiger partial charge in [0.1, 0.15) is 17.1 Å². The zero-order valence-electron chi connectivity index (χ0n) is 23.9. The molecule has 2 heterocycles. The van der Waals surface area contributed by atoms with Crippen molar-refractivity contribution >= 4 is 11.9 Å². The first-order valence-electron chi connectivity index (χ1n) is 13.9. The number of carbonyl (C=O) groups is 1. The lowest BCUT2D eigenvalue weighted by Crippen LogP contribution is -2.46. The average molecular weight is 566 g/mol. The summed E-state index contributed by atoms with van der Waals surface area (Å²) in [6, 6.07) is 20.2. The number of carbonyl (C=O) groups excluding carboxylic acids is 1. The van der Waals surface area contributed by atoms with E-state index in [0.29, 0.717) is 30.4 Å². The number of aromatic nitrogens is 2. The summed E-state index contributed by atoms with van der Waals surface area (Å²) in [5.74, 6) is 0.436. The van der Waals surface area contributed by atoms with Crippen LogP contribution in [0.25, 0.3) is 11.1 Å². The maximum atomic E-state index is 13.3. The lowest BCUT2D eigenvalue weighted by Gasteiger charge is -2.34. The smallest absolute Gasteiger partial charge is 0.345 e. The molecule has 0 atom stereocenters. The molecule has 0 aliphatic carbocycles. The van der Waals surface area contributed by atoms with Gasteiger partial charge in [-0.15, -0.1) is 0 Å². The Kier molecular flexibility index (Phi) is 8.74. The number of nitrogens with zero attached hydrogens (tertiary/aromatic N) is 5. The van der Waals surface area contributed by atoms with Gasteiger partial charge in [0.25, 0.3) is 0 Å². The summed E-state index contributed by atoms with van der Waals surface area (Å²) in [6.07, 6.45) is 1.47. The number of anilines is 1. The topological polar surface area (TPSA) is 91.6 Å². The maximum Gasteiger partial charge on any atom is 0.345 e. The van der Waals surface area contributed by atoms with Crippen molar-refractivity contribution in [3.63, 3.8) is 0 Å². The van der Waals surface area contributed by atoms with Gasteiger partial charge in [-0.05, 0) is 85.0 Å². The molecule has 0 radical (unpaired) electrons. The highest BCUT2D eigenvalue weighted by molar-refractivity contribution is 5.91. The number of hydrogen-bond donors (Lipinski definition) is 0. The number of esters is 1. The maximum absolute atomic E-state index is 13.3. The van der Waals surface area contributed by atoms with Gasteiger partial charge in [-0.3, -0.25) is 4.90 Å². The Labute approximate surface area is 245 Å². The van der Waals surface area contributed by atoms with Crippen LogP contribution in [-0.2, 0) is 11.3 Å². The van der Waals surface area contributed by atoms with Crippen LogP contribution in [0.4, 0.5) is 10.3 Å². The van der Waals surface area contributed by atoms with Crippen molar-refractivity contribution in [1.82, 2.24) is 14.9 Å². The minimum atomic E-state index is -0.548. The SMILES string of the molecule is CCOC(=O)c1cnc(N2CCN(Cc3ccc(F)cc3)CC2)nc1Oc1c(C)cc(-c2ccc(C#N)cc2)cc1C. The van der Waals surface area contributed by atoms with Crippen LogP contribution in [0.5, 0.6) is 11.6 Å². The van der Waals surface area contributed by atoms with E-state index in [4.69, 9.17) is 19.7 Å². The van der Waals surface area contributed by atoms with Gasteiger partial charge < -0.3 is 14.4 Å². The van der Waals surface area contributed by atoms with E-state index in [1.807, 2.05) is 50.2 Å². The predicted octanol–water partition coefficient (Wildman–Crippen LogP) is 6.06. The van der Waals surface area contributed by atoms with Crippen molar-refractivity contribution in [2.75, 3.05) is 37.7 Å². The van der Waals surface area contributed by atoms with Crippen molar-refractivity contribution in [2.45, 2.75) is 27.3 Å². The molecule has 9 heteroatoms. The quantitative estimate of drug-likeness (QED) is 0.238. The highest BCUT2D eigenvalue weighted by atomic mass is 19.1. The first kappa shape index (κ1) is 28.7. The molecule has 1 aliphatic rings. The van der Waals surface area contributed by atoms with Crippen LogP contribution >= 0.6 is 0 Å². The average Bonchev–Trinajstić information content (AvgIpc) is 3.00. The molecule has 1 fully saturated rings. The normalized spacial score (nSPS) is 13.5.